The van der Waals surface area contributed by atoms with Gasteiger partial charge in [-0.25, -0.2) is 13.2 Å². The van der Waals surface area contributed by atoms with Gasteiger partial charge in [0.25, 0.3) is 0 Å². The maximum absolute atomic E-state index is 11.6. The topological polar surface area (TPSA) is 110 Å². The number of aliphatic hydroxyl groups excluding tert-OH is 1. The maximum atomic E-state index is 11.6. The van der Waals surface area contributed by atoms with Gasteiger partial charge in [0.2, 0.25) is 5.91 Å². The number of amides is 1. The van der Waals surface area contributed by atoms with E-state index in [9.17, 15) is 18.0 Å². The second-order valence-electron chi connectivity index (χ2n) is 3.87. The third-order valence-electron chi connectivity index (χ3n) is 2.59. The average molecular weight is 265 g/mol. The first kappa shape index (κ1) is 13.9. The van der Waals surface area contributed by atoms with Gasteiger partial charge in [0.15, 0.2) is 15.9 Å². The molecule has 0 radical (unpaired) electrons. The van der Waals surface area contributed by atoms with Crippen LogP contribution in [-0.4, -0.2) is 56.7 Å². The van der Waals surface area contributed by atoms with Crippen molar-refractivity contribution in [2.45, 2.75) is 12.5 Å². The molecule has 1 rings (SSSR count). The zero-order chi connectivity index (χ0) is 13.1. The summed E-state index contributed by atoms with van der Waals surface area (Å²) in [7, 11) is -2.01. The minimum Gasteiger partial charge on any atom is -0.467 e. The van der Waals surface area contributed by atoms with E-state index in [1.807, 2.05) is 0 Å². The van der Waals surface area contributed by atoms with Crippen LogP contribution >= 0.6 is 0 Å². The lowest BCUT2D eigenvalue weighted by molar-refractivity contribution is -0.146. The van der Waals surface area contributed by atoms with E-state index in [0.717, 1.165) is 7.11 Å². The molecule has 1 aliphatic heterocycles. The van der Waals surface area contributed by atoms with Gasteiger partial charge in [-0.05, 0) is 6.42 Å². The lowest BCUT2D eigenvalue weighted by atomic mass is 10.1. The SMILES string of the molecule is COC(=O)C(CO)NC(=O)C1CCS(=O)(=O)C1. The molecule has 98 valence electrons. The molecule has 1 heterocycles. The quantitative estimate of drug-likeness (QED) is 0.573. The monoisotopic (exact) mass is 265 g/mol. The number of hydrogen-bond donors (Lipinski definition) is 2. The number of esters is 1. The third kappa shape index (κ3) is 3.67. The zero-order valence-corrected chi connectivity index (χ0v) is 10.2. The van der Waals surface area contributed by atoms with Crippen LogP contribution in [0.5, 0.6) is 0 Å². The van der Waals surface area contributed by atoms with Crippen molar-refractivity contribution in [1.82, 2.24) is 5.32 Å². The van der Waals surface area contributed by atoms with Gasteiger partial charge in [-0.2, -0.15) is 0 Å². The summed E-state index contributed by atoms with van der Waals surface area (Å²) in [6.07, 6.45) is 0.244. The Kier molecular flexibility index (Phi) is 4.47. The van der Waals surface area contributed by atoms with Crippen LogP contribution in [0, 0.1) is 5.92 Å². The van der Waals surface area contributed by atoms with E-state index >= 15 is 0 Å². The van der Waals surface area contributed by atoms with Crippen molar-refractivity contribution in [3.63, 3.8) is 0 Å². The molecule has 2 atom stereocenters. The van der Waals surface area contributed by atoms with E-state index in [2.05, 4.69) is 10.1 Å². The highest BCUT2D eigenvalue weighted by atomic mass is 32.2. The Bertz CT molecular complexity index is 404. The molecule has 1 aliphatic rings. The van der Waals surface area contributed by atoms with Gasteiger partial charge in [-0.1, -0.05) is 0 Å². The molecule has 8 heteroatoms. The van der Waals surface area contributed by atoms with Crippen LogP contribution in [0.1, 0.15) is 6.42 Å². The van der Waals surface area contributed by atoms with Crippen LogP contribution in [0.25, 0.3) is 0 Å². The van der Waals surface area contributed by atoms with Crippen LogP contribution in [0.3, 0.4) is 0 Å². The molecule has 2 N–H and O–H groups in total. The summed E-state index contributed by atoms with van der Waals surface area (Å²) in [5.41, 5.74) is 0. The highest BCUT2D eigenvalue weighted by molar-refractivity contribution is 7.91. The van der Waals surface area contributed by atoms with Gasteiger partial charge in [0.05, 0.1) is 31.1 Å². The molecule has 17 heavy (non-hydrogen) atoms. The summed E-state index contributed by atoms with van der Waals surface area (Å²) in [6.45, 7) is -0.585. The standard InChI is InChI=1S/C9H15NO6S/c1-16-9(13)7(4-11)10-8(12)6-2-3-17(14,15)5-6/h6-7,11H,2-5H2,1H3,(H,10,12). The molecule has 0 aromatic carbocycles. The number of sulfone groups is 1. The molecular formula is C9H15NO6S. The van der Waals surface area contributed by atoms with Crippen molar-refractivity contribution in [3.05, 3.63) is 0 Å². The Morgan fingerprint density at radius 3 is 2.59 bits per heavy atom. The van der Waals surface area contributed by atoms with Crippen molar-refractivity contribution in [2.75, 3.05) is 25.2 Å². The van der Waals surface area contributed by atoms with E-state index in [4.69, 9.17) is 5.11 Å². The largest absolute Gasteiger partial charge is 0.467 e. The van der Waals surface area contributed by atoms with Gasteiger partial charge in [0, 0.05) is 0 Å². The van der Waals surface area contributed by atoms with Crippen molar-refractivity contribution in [1.29, 1.82) is 0 Å². The average Bonchev–Trinajstić information content (AvgIpc) is 2.65. The van der Waals surface area contributed by atoms with Crippen molar-refractivity contribution < 1.29 is 27.9 Å². The highest BCUT2D eigenvalue weighted by Crippen LogP contribution is 2.18. The second-order valence-corrected chi connectivity index (χ2v) is 6.10. The molecule has 0 bridgehead atoms. The Morgan fingerprint density at radius 1 is 1.53 bits per heavy atom. The second kappa shape index (κ2) is 5.46. The summed E-state index contributed by atoms with van der Waals surface area (Å²) in [6, 6.07) is -1.14. The molecule has 7 nitrogen and oxygen atoms in total. The lowest BCUT2D eigenvalue weighted by Gasteiger charge is -2.16. The molecule has 1 fully saturated rings. The number of ether oxygens (including phenoxy) is 1. The first-order valence-electron chi connectivity index (χ1n) is 5.09. The van der Waals surface area contributed by atoms with Gasteiger partial charge in [-0.3, -0.25) is 4.79 Å². The minimum absolute atomic E-state index is 0.0207. The number of methoxy groups -OCH3 is 1. The molecule has 0 aromatic rings. The molecule has 1 saturated heterocycles. The van der Waals surface area contributed by atoms with Crippen LogP contribution in [0.2, 0.25) is 0 Å². The third-order valence-corrected chi connectivity index (χ3v) is 4.36. The van der Waals surface area contributed by atoms with Gasteiger partial charge in [0.1, 0.15) is 0 Å². The Labute approximate surface area is 99.1 Å². The Morgan fingerprint density at radius 2 is 2.18 bits per heavy atom. The number of carbonyl (C=O) groups excluding carboxylic acids is 2. The smallest absolute Gasteiger partial charge is 0.330 e. The van der Waals surface area contributed by atoms with E-state index in [1.54, 1.807) is 0 Å². The van der Waals surface area contributed by atoms with Gasteiger partial charge < -0.3 is 15.2 Å². The highest BCUT2D eigenvalue weighted by Gasteiger charge is 2.34. The summed E-state index contributed by atoms with van der Waals surface area (Å²) >= 11 is 0. The summed E-state index contributed by atoms with van der Waals surface area (Å²) < 4.78 is 26.7. The first-order chi connectivity index (χ1) is 7.89. The molecule has 0 saturated carbocycles. The Balaban J connectivity index is 2.57. The van der Waals surface area contributed by atoms with Crippen molar-refractivity contribution in [3.8, 4) is 0 Å². The molecular weight excluding hydrogens is 250 g/mol. The van der Waals surface area contributed by atoms with Crippen LogP contribution < -0.4 is 5.32 Å². The predicted molar refractivity (Wildman–Crippen MR) is 57.8 cm³/mol. The molecule has 2 unspecified atom stereocenters. The summed E-state index contributed by atoms with van der Waals surface area (Å²) in [5, 5.41) is 11.2. The fourth-order valence-corrected chi connectivity index (χ4v) is 3.35. The predicted octanol–water partition coefficient (Wildman–Crippen LogP) is -1.93. The van der Waals surface area contributed by atoms with Crippen LogP contribution in [-0.2, 0) is 24.2 Å². The first-order valence-corrected chi connectivity index (χ1v) is 6.91. The molecule has 0 aromatic heterocycles. The fourth-order valence-electron chi connectivity index (χ4n) is 1.61. The van der Waals surface area contributed by atoms with E-state index in [-0.39, 0.29) is 17.9 Å². The van der Waals surface area contributed by atoms with Crippen LogP contribution in [0.4, 0.5) is 0 Å². The number of aliphatic hydroxyl groups is 1. The van der Waals surface area contributed by atoms with Crippen molar-refractivity contribution >= 4 is 21.7 Å². The maximum Gasteiger partial charge on any atom is 0.330 e. The minimum atomic E-state index is -3.15. The Hall–Kier alpha value is -1.15. The molecule has 0 spiro atoms. The number of carbonyl (C=O) groups is 2. The van der Waals surface area contributed by atoms with E-state index in [0.29, 0.717) is 0 Å². The van der Waals surface area contributed by atoms with Gasteiger partial charge >= 0.3 is 5.97 Å². The molecule has 0 aliphatic carbocycles. The van der Waals surface area contributed by atoms with Crippen LogP contribution in [0.15, 0.2) is 0 Å². The summed E-state index contributed by atoms with van der Waals surface area (Å²) in [4.78, 5) is 22.7. The normalized spacial score (nSPS) is 24.0. The number of hydrogen-bond acceptors (Lipinski definition) is 6. The molecule has 1 amide bonds. The van der Waals surface area contributed by atoms with E-state index in [1.165, 1.54) is 0 Å². The van der Waals surface area contributed by atoms with Crippen molar-refractivity contribution in [2.24, 2.45) is 5.92 Å². The lowest BCUT2D eigenvalue weighted by Crippen LogP contribution is -2.46. The zero-order valence-electron chi connectivity index (χ0n) is 9.38. The summed E-state index contributed by atoms with van der Waals surface area (Å²) in [5.74, 6) is -2.19. The van der Waals surface area contributed by atoms with E-state index < -0.39 is 40.3 Å². The number of nitrogens with one attached hydrogen (secondary N) is 1. The fraction of sp³-hybridized carbons (Fsp3) is 0.778. The number of rotatable bonds is 4. The van der Waals surface area contributed by atoms with Gasteiger partial charge in [-0.15, -0.1) is 0 Å².